The monoisotopic (exact) mass is 158 g/mol. The van der Waals surface area contributed by atoms with Gasteiger partial charge in [0, 0.05) is 0 Å². The summed E-state index contributed by atoms with van der Waals surface area (Å²) in [7, 11) is 9.33. The van der Waals surface area contributed by atoms with E-state index < -0.39 is 0 Å². The molecule has 1 heterocycles. The fourth-order valence-electron chi connectivity index (χ4n) is 1.78. The summed E-state index contributed by atoms with van der Waals surface area (Å²) < 4.78 is 2.39. The molecule has 1 aliphatic rings. The normalized spacial score (nSPS) is 35.2. The van der Waals surface area contributed by atoms with E-state index in [1.165, 1.54) is 28.6 Å². The van der Waals surface area contributed by atoms with Gasteiger partial charge in [0.2, 0.25) is 0 Å². The molecule has 0 aromatic heterocycles. The first-order chi connectivity index (χ1) is 4.83. The lowest BCUT2D eigenvalue weighted by molar-refractivity contribution is -1.01. The van der Waals surface area contributed by atoms with Gasteiger partial charge in [0.05, 0.1) is 28.2 Å². The van der Waals surface area contributed by atoms with E-state index in [9.17, 15) is 0 Å². The Hall–Kier alpha value is -0.0800. The van der Waals surface area contributed by atoms with Crippen molar-refractivity contribution in [2.45, 2.75) is 13.0 Å². The minimum absolute atomic E-state index is 0.804. The Bertz CT molecular complexity index is 150. The van der Waals surface area contributed by atoms with Crippen molar-refractivity contribution in [2.24, 2.45) is 0 Å². The summed E-state index contributed by atoms with van der Waals surface area (Å²) in [5.74, 6) is 0. The van der Waals surface area contributed by atoms with Crippen LogP contribution in [-0.2, 0) is 0 Å². The molecule has 2 heteroatoms. The first-order valence-electron chi connectivity index (χ1n) is 4.48. The van der Waals surface area contributed by atoms with Crippen LogP contribution in [0.4, 0.5) is 0 Å². The summed E-state index contributed by atoms with van der Waals surface area (Å²) in [6.45, 7) is 6.30. The van der Waals surface area contributed by atoms with Crippen molar-refractivity contribution in [3.8, 4) is 0 Å². The fraction of sp³-hybridized carbons (Fsp3) is 1.00. The highest BCUT2D eigenvalue weighted by molar-refractivity contribution is 4.55. The Morgan fingerprint density at radius 2 is 1.55 bits per heavy atom. The summed E-state index contributed by atoms with van der Waals surface area (Å²) >= 11 is 0. The van der Waals surface area contributed by atoms with Gasteiger partial charge in [0.25, 0.3) is 0 Å². The Morgan fingerprint density at radius 3 is 1.91 bits per heavy atom. The van der Waals surface area contributed by atoms with Crippen molar-refractivity contribution in [3.05, 3.63) is 0 Å². The Labute approximate surface area is 70.6 Å². The first kappa shape index (κ1) is 9.01. The fourth-order valence-corrected chi connectivity index (χ4v) is 1.78. The molecule has 0 saturated carbocycles. The number of likely N-dealkylation sites (N-methyl/N-ethyl adjacent to an activating group) is 2. The molecule has 1 rings (SSSR count). The molecule has 0 aromatic carbocycles. The standard InChI is InChI=1S/C9H22N2/c1-9-8-10(2,3)6-7-11(9,4)5/h9H,6-8H2,1-5H3/q+2. The molecule has 1 unspecified atom stereocenters. The van der Waals surface area contributed by atoms with Crippen LogP contribution < -0.4 is 0 Å². The Morgan fingerprint density at radius 1 is 1.00 bits per heavy atom. The van der Waals surface area contributed by atoms with Gasteiger partial charge in [-0.05, 0) is 6.92 Å². The highest BCUT2D eigenvalue weighted by Crippen LogP contribution is 2.17. The zero-order valence-electron chi connectivity index (χ0n) is 8.59. The van der Waals surface area contributed by atoms with Gasteiger partial charge >= 0.3 is 0 Å². The SMILES string of the molecule is CC1C[N+](C)(C)CC[N+]1(C)C. The van der Waals surface area contributed by atoms with Gasteiger partial charge < -0.3 is 8.97 Å². The Balaban J connectivity index is 2.63. The lowest BCUT2D eigenvalue weighted by atomic mass is 10.1. The lowest BCUT2D eigenvalue weighted by Gasteiger charge is -2.46. The summed E-state index contributed by atoms with van der Waals surface area (Å²) in [6.07, 6.45) is 0. The number of hydrogen-bond donors (Lipinski definition) is 0. The third kappa shape index (κ3) is 1.94. The van der Waals surface area contributed by atoms with Crippen molar-refractivity contribution >= 4 is 0 Å². The van der Waals surface area contributed by atoms with Crippen molar-refractivity contribution in [1.29, 1.82) is 0 Å². The molecule has 0 aliphatic carbocycles. The maximum atomic E-state index is 2.36. The first-order valence-corrected chi connectivity index (χ1v) is 4.48. The number of nitrogens with zero attached hydrogens (tertiary/aromatic N) is 2. The molecular formula is C9H22N2+2. The van der Waals surface area contributed by atoms with Crippen LogP contribution >= 0.6 is 0 Å². The van der Waals surface area contributed by atoms with E-state index in [0.29, 0.717) is 0 Å². The molecule has 1 atom stereocenters. The molecule has 0 bridgehead atoms. The maximum Gasteiger partial charge on any atom is 0.136 e. The molecule has 1 fully saturated rings. The predicted octanol–water partition coefficient (Wildman–Crippen LogP) is 0.541. The minimum Gasteiger partial charge on any atom is -0.319 e. The van der Waals surface area contributed by atoms with E-state index >= 15 is 0 Å². The lowest BCUT2D eigenvalue weighted by Crippen LogP contribution is -2.65. The van der Waals surface area contributed by atoms with Crippen LogP contribution in [0.2, 0.25) is 0 Å². The van der Waals surface area contributed by atoms with Crippen molar-refractivity contribution in [2.75, 3.05) is 47.8 Å². The molecule has 11 heavy (non-hydrogen) atoms. The molecule has 1 aliphatic heterocycles. The van der Waals surface area contributed by atoms with Gasteiger partial charge in [-0.3, -0.25) is 0 Å². The van der Waals surface area contributed by atoms with E-state index in [2.05, 4.69) is 35.1 Å². The van der Waals surface area contributed by atoms with Crippen LogP contribution in [0.5, 0.6) is 0 Å². The van der Waals surface area contributed by atoms with Crippen LogP contribution in [0.25, 0.3) is 0 Å². The van der Waals surface area contributed by atoms with E-state index in [1.54, 1.807) is 0 Å². The van der Waals surface area contributed by atoms with Crippen LogP contribution in [0.3, 0.4) is 0 Å². The van der Waals surface area contributed by atoms with Gasteiger partial charge in [-0.15, -0.1) is 0 Å². The zero-order chi connectivity index (χ0) is 8.70. The number of hydrogen-bond acceptors (Lipinski definition) is 0. The molecule has 0 aromatic rings. The van der Waals surface area contributed by atoms with Crippen molar-refractivity contribution in [3.63, 3.8) is 0 Å². The van der Waals surface area contributed by atoms with E-state index in [1.807, 2.05) is 0 Å². The van der Waals surface area contributed by atoms with Gasteiger partial charge in [0.15, 0.2) is 0 Å². The van der Waals surface area contributed by atoms with Gasteiger partial charge in [-0.2, -0.15) is 0 Å². The van der Waals surface area contributed by atoms with E-state index in [0.717, 1.165) is 6.04 Å². The number of rotatable bonds is 0. The minimum atomic E-state index is 0.804. The average Bonchev–Trinajstić information content (AvgIpc) is 1.81. The maximum absolute atomic E-state index is 2.36. The molecule has 2 nitrogen and oxygen atoms in total. The summed E-state index contributed by atoms with van der Waals surface area (Å²) in [5, 5.41) is 0. The highest BCUT2D eigenvalue weighted by Gasteiger charge is 2.37. The summed E-state index contributed by atoms with van der Waals surface area (Å²) in [4.78, 5) is 0. The second kappa shape index (κ2) is 2.46. The molecule has 0 radical (unpaired) electrons. The second-order valence-corrected chi connectivity index (χ2v) is 5.19. The van der Waals surface area contributed by atoms with E-state index in [-0.39, 0.29) is 0 Å². The van der Waals surface area contributed by atoms with Gasteiger partial charge in [0.1, 0.15) is 25.7 Å². The zero-order valence-corrected chi connectivity index (χ0v) is 8.59. The van der Waals surface area contributed by atoms with Crippen LogP contribution in [-0.4, -0.2) is 62.8 Å². The summed E-state index contributed by atoms with van der Waals surface area (Å²) in [6, 6.07) is 0.804. The topological polar surface area (TPSA) is 0 Å². The second-order valence-electron chi connectivity index (χ2n) is 5.19. The quantitative estimate of drug-likeness (QED) is 0.451. The smallest absolute Gasteiger partial charge is 0.136 e. The molecule has 66 valence electrons. The molecule has 1 saturated heterocycles. The highest BCUT2D eigenvalue weighted by atomic mass is 15.4. The van der Waals surface area contributed by atoms with Crippen molar-refractivity contribution < 1.29 is 8.97 Å². The molecular weight excluding hydrogens is 136 g/mol. The largest absolute Gasteiger partial charge is 0.319 e. The molecule has 0 spiro atoms. The summed E-state index contributed by atoms with van der Waals surface area (Å²) in [5.41, 5.74) is 0. The third-order valence-electron chi connectivity index (χ3n) is 3.23. The van der Waals surface area contributed by atoms with Gasteiger partial charge in [-0.25, -0.2) is 0 Å². The number of piperazine rings is 1. The number of quaternary nitrogens is 2. The molecule has 0 amide bonds. The van der Waals surface area contributed by atoms with Crippen LogP contribution in [0.1, 0.15) is 6.92 Å². The third-order valence-corrected chi connectivity index (χ3v) is 3.23. The molecule has 0 N–H and O–H groups in total. The van der Waals surface area contributed by atoms with E-state index in [4.69, 9.17) is 0 Å². The Kier molecular flexibility index (Phi) is 2.01. The van der Waals surface area contributed by atoms with Crippen LogP contribution in [0.15, 0.2) is 0 Å². The predicted molar refractivity (Wildman–Crippen MR) is 48.3 cm³/mol. The van der Waals surface area contributed by atoms with Crippen LogP contribution in [0, 0.1) is 0 Å². The van der Waals surface area contributed by atoms with Gasteiger partial charge in [-0.1, -0.05) is 0 Å². The average molecular weight is 158 g/mol. The van der Waals surface area contributed by atoms with Crippen molar-refractivity contribution in [1.82, 2.24) is 0 Å².